The highest BCUT2D eigenvalue weighted by Gasteiger charge is 2.28. The number of aromatic nitrogens is 2. The predicted octanol–water partition coefficient (Wildman–Crippen LogP) is 1.71. The lowest BCUT2D eigenvalue weighted by molar-refractivity contribution is 0.335. The van der Waals surface area contributed by atoms with Crippen molar-refractivity contribution in [1.29, 1.82) is 0 Å². The van der Waals surface area contributed by atoms with Crippen LogP contribution >= 0.6 is 0 Å². The van der Waals surface area contributed by atoms with Crippen molar-refractivity contribution in [2.45, 2.75) is 56.7 Å². The van der Waals surface area contributed by atoms with Gasteiger partial charge in [0.2, 0.25) is 0 Å². The van der Waals surface area contributed by atoms with E-state index in [9.17, 15) is 0 Å². The fourth-order valence-electron chi connectivity index (χ4n) is 3.39. The van der Waals surface area contributed by atoms with Crippen LogP contribution in [0.5, 0.6) is 0 Å². The van der Waals surface area contributed by atoms with Gasteiger partial charge in [0.05, 0.1) is 6.33 Å². The summed E-state index contributed by atoms with van der Waals surface area (Å²) in [6.45, 7) is 2.32. The molecule has 1 aromatic heterocycles. The summed E-state index contributed by atoms with van der Waals surface area (Å²) in [5, 5.41) is 7.39. The topological polar surface area (TPSA) is 41.9 Å². The SMILES string of the molecule is c1cn(C2CCCC2NCC2CCCCN2)cn1. The van der Waals surface area contributed by atoms with E-state index < -0.39 is 0 Å². The van der Waals surface area contributed by atoms with E-state index in [0.29, 0.717) is 18.1 Å². The van der Waals surface area contributed by atoms with Crippen LogP contribution in [0.2, 0.25) is 0 Å². The van der Waals surface area contributed by atoms with E-state index in [2.05, 4.69) is 26.4 Å². The molecular weight excluding hydrogens is 224 g/mol. The molecule has 1 aliphatic heterocycles. The molecule has 3 rings (SSSR count). The Balaban J connectivity index is 1.52. The first-order chi connectivity index (χ1) is 8.93. The molecule has 2 fully saturated rings. The maximum atomic E-state index is 4.17. The maximum Gasteiger partial charge on any atom is 0.0949 e. The Kier molecular flexibility index (Phi) is 3.96. The van der Waals surface area contributed by atoms with Crippen LogP contribution < -0.4 is 10.6 Å². The normalized spacial score (nSPS) is 32.8. The molecule has 3 atom stereocenters. The van der Waals surface area contributed by atoms with Crippen LogP contribution in [0.3, 0.4) is 0 Å². The molecule has 100 valence electrons. The fourth-order valence-corrected chi connectivity index (χ4v) is 3.39. The molecule has 18 heavy (non-hydrogen) atoms. The third-order valence-corrected chi connectivity index (χ3v) is 4.43. The van der Waals surface area contributed by atoms with Gasteiger partial charge in [-0.3, -0.25) is 0 Å². The number of nitrogens with one attached hydrogen (secondary N) is 2. The third-order valence-electron chi connectivity index (χ3n) is 4.43. The smallest absolute Gasteiger partial charge is 0.0949 e. The van der Waals surface area contributed by atoms with Crippen molar-refractivity contribution in [3.8, 4) is 0 Å². The van der Waals surface area contributed by atoms with Crippen LogP contribution in [0.25, 0.3) is 0 Å². The Labute approximate surface area is 109 Å². The lowest BCUT2D eigenvalue weighted by atomic mass is 10.0. The van der Waals surface area contributed by atoms with Gasteiger partial charge in [-0.05, 0) is 38.6 Å². The van der Waals surface area contributed by atoms with E-state index in [1.807, 2.05) is 12.5 Å². The summed E-state index contributed by atoms with van der Waals surface area (Å²) in [5.74, 6) is 0. The highest BCUT2D eigenvalue weighted by Crippen LogP contribution is 2.29. The molecule has 0 bridgehead atoms. The van der Waals surface area contributed by atoms with Crippen LogP contribution in [0.4, 0.5) is 0 Å². The van der Waals surface area contributed by atoms with Gasteiger partial charge >= 0.3 is 0 Å². The highest BCUT2D eigenvalue weighted by molar-refractivity contribution is 4.92. The van der Waals surface area contributed by atoms with Gasteiger partial charge in [-0.2, -0.15) is 0 Å². The average Bonchev–Trinajstić information content (AvgIpc) is 3.08. The van der Waals surface area contributed by atoms with Gasteiger partial charge < -0.3 is 15.2 Å². The van der Waals surface area contributed by atoms with Gasteiger partial charge in [-0.25, -0.2) is 4.98 Å². The molecule has 2 N–H and O–H groups in total. The van der Waals surface area contributed by atoms with Gasteiger partial charge in [-0.1, -0.05) is 6.42 Å². The standard InChI is InChI=1S/C14H24N4/c1-2-7-16-12(4-1)10-17-13-5-3-6-14(13)18-9-8-15-11-18/h8-9,11-14,16-17H,1-7,10H2. The minimum atomic E-state index is 0.607. The number of piperidine rings is 1. The number of imidazole rings is 1. The number of hydrogen-bond acceptors (Lipinski definition) is 3. The Hall–Kier alpha value is -0.870. The third kappa shape index (κ3) is 2.75. The Morgan fingerprint density at radius 3 is 3.00 bits per heavy atom. The van der Waals surface area contributed by atoms with Crippen LogP contribution in [-0.4, -0.2) is 34.7 Å². The Morgan fingerprint density at radius 1 is 1.22 bits per heavy atom. The number of hydrogen-bond donors (Lipinski definition) is 2. The number of rotatable bonds is 4. The zero-order valence-corrected chi connectivity index (χ0v) is 11.0. The molecule has 2 aliphatic rings. The number of nitrogens with zero attached hydrogens (tertiary/aromatic N) is 2. The molecular formula is C14H24N4. The quantitative estimate of drug-likeness (QED) is 0.852. The lowest BCUT2D eigenvalue weighted by Crippen LogP contribution is -2.45. The van der Waals surface area contributed by atoms with E-state index >= 15 is 0 Å². The minimum Gasteiger partial charge on any atom is -0.333 e. The largest absolute Gasteiger partial charge is 0.333 e. The predicted molar refractivity (Wildman–Crippen MR) is 72.5 cm³/mol. The average molecular weight is 248 g/mol. The summed E-state index contributed by atoms with van der Waals surface area (Å²) in [7, 11) is 0. The van der Waals surface area contributed by atoms with Crippen LogP contribution in [0, 0.1) is 0 Å². The summed E-state index contributed by atoms with van der Waals surface area (Å²) >= 11 is 0. The molecule has 1 saturated carbocycles. The van der Waals surface area contributed by atoms with Crippen molar-refractivity contribution >= 4 is 0 Å². The molecule has 3 unspecified atom stereocenters. The summed E-state index contributed by atoms with van der Waals surface area (Å²) in [4.78, 5) is 4.17. The Bertz CT molecular complexity index is 343. The first kappa shape index (κ1) is 12.2. The van der Waals surface area contributed by atoms with Crippen molar-refractivity contribution in [1.82, 2.24) is 20.2 Å². The molecule has 1 aliphatic carbocycles. The molecule has 0 radical (unpaired) electrons. The fraction of sp³-hybridized carbons (Fsp3) is 0.786. The highest BCUT2D eigenvalue weighted by atomic mass is 15.1. The van der Waals surface area contributed by atoms with Gasteiger partial charge in [0.1, 0.15) is 0 Å². The van der Waals surface area contributed by atoms with Gasteiger partial charge in [0, 0.05) is 37.1 Å². The zero-order chi connectivity index (χ0) is 12.2. The molecule has 0 aromatic carbocycles. The zero-order valence-electron chi connectivity index (χ0n) is 11.0. The van der Waals surface area contributed by atoms with E-state index in [1.54, 1.807) is 0 Å². The molecule has 4 heteroatoms. The van der Waals surface area contributed by atoms with Gasteiger partial charge in [0.25, 0.3) is 0 Å². The minimum absolute atomic E-state index is 0.607. The van der Waals surface area contributed by atoms with Crippen LogP contribution in [0.15, 0.2) is 18.7 Å². The molecule has 1 saturated heterocycles. The van der Waals surface area contributed by atoms with Crippen molar-refractivity contribution in [2.75, 3.05) is 13.1 Å². The van der Waals surface area contributed by atoms with Crippen molar-refractivity contribution in [2.24, 2.45) is 0 Å². The van der Waals surface area contributed by atoms with Gasteiger partial charge in [0.15, 0.2) is 0 Å². The molecule has 4 nitrogen and oxygen atoms in total. The summed E-state index contributed by atoms with van der Waals surface area (Å²) in [5.41, 5.74) is 0. The summed E-state index contributed by atoms with van der Waals surface area (Å²) < 4.78 is 2.28. The van der Waals surface area contributed by atoms with E-state index in [0.717, 1.165) is 6.54 Å². The second kappa shape index (κ2) is 5.85. The Morgan fingerprint density at radius 2 is 2.22 bits per heavy atom. The maximum absolute atomic E-state index is 4.17. The monoisotopic (exact) mass is 248 g/mol. The summed E-state index contributed by atoms with van der Waals surface area (Å²) in [6, 6.07) is 1.92. The van der Waals surface area contributed by atoms with Crippen molar-refractivity contribution in [3.05, 3.63) is 18.7 Å². The van der Waals surface area contributed by atoms with Crippen molar-refractivity contribution in [3.63, 3.8) is 0 Å². The van der Waals surface area contributed by atoms with Crippen LogP contribution in [-0.2, 0) is 0 Å². The van der Waals surface area contributed by atoms with Crippen LogP contribution in [0.1, 0.15) is 44.6 Å². The van der Waals surface area contributed by atoms with E-state index in [-0.39, 0.29) is 0 Å². The molecule has 1 aromatic rings. The second-order valence-corrected chi connectivity index (χ2v) is 5.67. The van der Waals surface area contributed by atoms with E-state index in [4.69, 9.17) is 0 Å². The second-order valence-electron chi connectivity index (χ2n) is 5.67. The molecule has 2 heterocycles. The van der Waals surface area contributed by atoms with E-state index in [1.165, 1.54) is 45.1 Å². The molecule has 0 amide bonds. The lowest BCUT2D eigenvalue weighted by Gasteiger charge is -2.28. The summed E-state index contributed by atoms with van der Waals surface area (Å²) in [6.07, 6.45) is 13.9. The van der Waals surface area contributed by atoms with Crippen molar-refractivity contribution < 1.29 is 0 Å². The first-order valence-corrected chi connectivity index (χ1v) is 7.38. The molecule has 0 spiro atoms. The first-order valence-electron chi connectivity index (χ1n) is 7.38. The van der Waals surface area contributed by atoms with Gasteiger partial charge in [-0.15, -0.1) is 0 Å².